The van der Waals surface area contributed by atoms with Gasteiger partial charge in [0, 0.05) is 16.1 Å². The molecule has 0 saturated heterocycles. The standard InChI is InChI=1S/C15H20BrNO/c1-10-5-3-6-12(9-10)17-15(18)13-7-4-8-14(16)11(13)2/h4,7-8,10,12H,3,5-6,9H2,1-2H3,(H,17,18). The molecular formula is C15H20BrNO. The van der Waals surface area contributed by atoms with Crippen molar-refractivity contribution in [2.24, 2.45) is 5.92 Å². The van der Waals surface area contributed by atoms with E-state index < -0.39 is 0 Å². The fraction of sp³-hybridized carbons (Fsp3) is 0.533. The van der Waals surface area contributed by atoms with Crippen LogP contribution in [0, 0.1) is 12.8 Å². The molecule has 0 aromatic heterocycles. The van der Waals surface area contributed by atoms with Gasteiger partial charge in [0.25, 0.3) is 5.91 Å². The van der Waals surface area contributed by atoms with Crippen LogP contribution in [0.15, 0.2) is 22.7 Å². The molecule has 1 fully saturated rings. The van der Waals surface area contributed by atoms with Crippen LogP contribution in [0.25, 0.3) is 0 Å². The van der Waals surface area contributed by atoms with Crippen molar-refractivity contribution in [1.29, 1.82) is 0 Å². The zero-order chi connectivity index (χ0) is 13.1. The summed E-state index contributed by atoms with van der Waals surface area (Å²) in [6.45, 7) is 4.24. The lowest BCUT2D eigenvalue weighted by Gasteiger charge is -2.27. The van der Waals surface area contributed by atoms with Crippen LogP contribution in [-0.4, -0.2) is 11.9 Å². The maximum absolute atomic E-state index is 12.3. The minimum absolute atomic E-state index is 0.0629. The summed E-state index contributed by atoms with van der Waals surface area (Å²) in [5.41, 5.74) is 1.79. The lowest BCUT2D eigenvalue weighted by Crippen LogP contribution is -2.38. The monoisotopic (exact) mass is 309 g/mol. The van der Waals surface area contributed by atoms with E-state index in [9.17, 15) is 4.79 Å². The first-order valence-corrected chi connectivity index (χ1v) is 7.43. The third-order valence-electron chi connectivity index (χ3n) is 3.78. The van der Waals surface area contributed by atoms with Gasteiger partial charge >= 0.3 is 0 Å². The van der Waals surface area contributed by atoms with Crippen molar-refractivity contribution in [2.75, 3.05) is 0 Å². The van der Waals surface area contributed by atoms with Crippen LogP contribution >= 0.6 is 15.9 Å². The molecule has 0 heterocycles. The number of carbonyl (C=O) groups is 1. The van der Waals surface area contributed by atoms with Crippen LogP contribution in [0.4, 0.5) is 0 Å². The molecule has 2 atom stereocenters. The summed E-state index contributed by atoms with van der Waals surface area (Å²) < 4.78 is 0.993. The van der Waals surface area contributed by atoms with Crippen molar-refractivity contribution in [3.63, 3.8) is 0 Å². The average Bonchev–Trinajstić information content (AvgIpc) is 2.32. The van der Waals surface area contributed by atoms with Crippen LogP contribution in [0.1, 0.15) is 48.5 Å². The number of amides is 1. The molecule has 1 aliphatic carbocycles. The number of carbonyl (C=O) groups excluding carboxylic acids is 1. The molecule has 1 amide bonds. The highest BCUT2D eigenvalue weighted by molar-refractivity contribution is 9.10. The minimum atomic E-state index is 0.0629. The lowest BCUT2D eigenvalue weighted by atomic mass is 9.87. The van der Waals surface area contributed by atoms with E-state index in [4.69, 9.17) is 0 Å². The molecule has 0 aliphatic heterocycles. The Bertz CT molecular complexity index is 444. The number of halogens is 1. The Morgan fingerprint density at radius 3 is 2.89 bits per heavy atom. The normalized spacial score (nSPS) is 23.7. The van der Waals surface area contributed by atoms with Crippen molar-refractivity contribution in [3.05, 3.63) is 33.8 Å². The molecule has 1 aliphatic rings. The molecule has 2 unspecified atom stereocenters. The highest BCUT2D eigenvalue weighted by Gasteiger charge is 2.21. The Morgan fingerprint density at radius 1 is 1.39 bits per heavy atom. The number of rotatable bonds is 2. The molecule has 2 rings (SSSR count). The lowest BCUT2D eigenvalue weighted by molar-refractivity contribution is 0.0920. The summed E-state index contributed by atoms with van der Waals surface area (Å²) in [7, 11) is 0. The van der Waals surface area contributed by atoms with Gasteiger partial charge in [0.15, 0.2) is 0 Å². The summed E-state index contributed by atoms with van der Waals surface area (Å²) in [4.78, 5) is 12.3. The number of hydrogen-bond acceptors (Lipinski definition) is 1. The van der Waals surface area contributed by atoms with Crippen molar-refractivity contribution >= 4 is 21.8 Å². The van der Waals surface area contributed by atoms with E-state index in [1.54, 1.807) is 0 Å². The second kappa shape index (κ2) is 5.87. The van der Waals surface area contributed by atoms with Crippen LogP contribution in [0.5, 0.6) is 0 Å². The van der Waals surface area contributed by atoms with E-state index in [0.29, 0.717) is 6.04 Å². The van der Waals surface area contributed by atoms with Crippen LogP contribution in [0.2, 0.25) is 0 Å². The van der Waals surface area contributed by atoms with E-state index in [1.165, 1.54) is 12.8 Å². The highest BCUT2D eigenvalue weighted by Crippen LogP contribution is 2.24. The Labute approximate surface area is 117 Å². The van der Waals surface area contributed by atoms with Gasteiger partial charge in [0.2, 0.25) is 0 Å². The van der Waals surface area contributed by atoms with Crippen LogP contribution < -0.4 is 5.32 Å². The third-order valence-corrected chi connectivity index (χ3v) is 4.64. The van der Waals surface area contributed by atoms with Crippen molar-refractivity contribution in [2.45, 2.75) is 45.6 Å². The highest BCUT2D eigenvalue weighted by atomic mass is 79.9. The van der Waals surface area contributed by atoms with Crippen LogP contribution in [0.3, 0.4) is 0 Å². The molecule has 0 bridgehead atoms. The molecule has 0 spiro atoms. The molecule has 18 heavy (non-hydrogen) atoms. The molecule has 1 saturated carbocycles. The van der Waals surface area contributed by atoms with E-state index in [-0.39, 0.29) is 5.91 Å². The maximum Gasteiger partial charge on any atom is 0.251 e. The van der Waals surface area contributed by atoms with Gasteiger partial charge in [-0.3, -0.25) is 4.79 Å². The first-order chi connectivity index (χ1) is 8.58. The second-order valence-electron chi connectivity index (χ2n) is 5.35. The Hall–Kier alpha value is -0.830. The van der Waals surface area contributed by atoms with Gasteiger partial charge in [-0.05, 0) is 43.4 Å². The van der Waals surface area contributed by atoms with Gasteiger partial charge in [-0.15, -0.1) is 0 Å². The van der Waals surface area contributed by atoms with Gasteiger partial charge in [0.1, 0.15) is 0 Å². The zero-order valence-electron chi connectivity index (χ0n) is 11.0. The Morgan fingerprint density at radius 2 is 2.17 bits per heavy atom. The third kappa shape index (κ3) is 3.14. The zero-order valence-corrected chi connectivity index (χ0v) is 12.6. The summed E-state index contributed by atoms with van der Waals surface area (Å²) >= 11 is 3.47. The largest absolute Gasteiger partial charge is 0.349 e. The van der Waals surface area contributed by atoms with Gasteiger partial charge in [-0.2, -0.15) is 0 Å². The summed E-state index contributed by atoms with van der Waals surface area (Å²) in [5.74, 6) is 0.792. The van der Waals surface area contributed by atoms with E-state index in [1.807, 2.05) is 25.1 Å². The smallest absolute Gasteiger partial charge is 0.251 e. The number of hydrogen-bond donors (Lipinski definition) is 1. The van der Waals surface area contributed by atoms with E-state index in [0.717, 1.165) is 34.4 Å². The van der Waals surface area contributed by atoms with E-state index >= 15 is 0 Å². The van der Waals surface area contributed by atoms with Crippen molar-refractivity contribution in [1.82, 2.24) is 5.32 Å². The predicted octanol–water partition coefficient (Wildman–Crippen LogP) is 4.07. The topological polar surface area (TPSA) is 29.1 Å². The summed E-state index contributed by atoms with van der Waals surface area (Å²) in [6, 6.07) is 6.12. The fourth-order valence-corrected chi connectivity index (χ4v) is 3.05. The van der Waals surface area contributed by atoms with Crippen LogP contribution in [-0.2, 0) is 0 Å². The summed E-state index contributed by atoms with van der Waals surface area (Å²) in [5, 5.41) is 3.17. The van der Waals surface area contributed by atoms with Gasteiger partial charge in [-0.1, -0.05) is 41.8 Å². The molecule has 2 nitrogen and oxygen atoms in total. The number of benzene rings is 1. The molecule has 1 aromatic rings. The Kier molecular flexibility index (Phi) is 4.44. The van der Waals surface area contributed by atoms with Crippen molar-refractivity contribution in [3.8, 4) is 0 Å². The molecule has 3 heteroatoms. The molecule has 1 N–H and O–H groups in total. The molecule has 98 valence electrons. The average molecular weight is 310 g/mol. The van der Waals surface area contributed by atoms with Gasteiger partial charge < -0.3 is 5.32 Å². The molecular weight excluding hydrogens is 290 g/mol. The second-order valence-corrected chi connectivity index (χ2v) is 6.21. The Balaban J connectivity index is 2.05. The van der Waals surface area contributed by atoms with Gasteiger partial charge in [0.05, 0.1) is 0 Å². The maximum atomic E-state index is 12.3. The predicted molar refractivity (Wildman–Crippen MR) is 77.8 cm³/mol. The van der Waals surface area contributed by atoms with Gasteiger partial charge in [-0.25, -0.2) is 0 Å². The van der Waals surface area contributed by atoms with E-state index in [2.05, 4.69) is 28.2 Å². The SMILES string of the molecule is Cc1c(Br)cccc1C(=O)NC1CCCC(C)C1. The molecule has 1 aromatic carbocycles. The minimum Gasteiger partial charge on any atom is -0.349 e. The fourth-order valence-electron chi connectivity index (χ4n) is 2.68. The summed E-state index contributed by atoms with van der Waals surface area (Å²) in [6.07, 6.45) is 4.74. The molecule has 0 radical (unpaired) electrons. The number of nitrogens with one attached hydrogen (secondary N) is 1. The quantitative estimate of drug-likeness (QED) is 0.876. The van der Waals surface area contributed by atoms with Crippen molar-refractivity contribution < 1.29 is 4.79 Å². The first kappa shape index (κ1) is 13.6. The first-order valence-electron chi connectivity index (χ1n) is 6.64.